The van der Waals surface area contributed by atoms with Gasteiger partial charge in [0.25, 0.3) is 5.91 Å². The first kappa shape index (κ1) is 22.8. The third-order valence-corrected chi connectivity index (χ3v) is 6.75. The minimum absolute atomic E-state index is 0.147. The van der Waals surface area contributed by atoms with Crippen LogP contribution in [0.15, 0.2) is 71.6 Å². The minimum Gasteiger partial charge on any atom is -0.364 e. The Morgan fingerprint density at radius 2 is 1.76 bits per heavy atom. The Morgan fingerprint density at radius 1 is 1.03 bits per heavy atom. The summed E-state index contributed by atoms with van der Waals surface area (Å²) >= 11 is 0. The molecule has 4 rings (SSSR count). The number of alkyl halides is 3. The third kappa shape index (κ3) is 4.86. The Bertz CT molecular complexity index is 1310. The van der Waals surface area contributed by atoms with Gasteiger partial charge >= 0.3 is 6.18 Å². The van der Waals surface area contributed by atoms with Crippen molar-refractivity contribution in [3.8, 4) is 0 Å². The molecule has 1 heterocycles. The molecule has 1 unspecified atom stereocenters. The van der Waals surface area contributed by atoms with Gasteiger partial charge in [0.1, 0.15) is 11.1 Å². The summed E-state index contributed by atoms with van der Waals surface area (Å²) in [6, 6.07) is 16.0. The van der Waals surface area contributed by atoms with E-state index in [2.05, 4.69) is 15.4 Å². The maximum Gasteiger partial charge on any atom is 0.416 e. The van der Waals surface area contributed by atoms with E-state index in [1.807, 2.05) is 25.1 Å². The van der Waals surface area contributed by atoms with Gasteiger partial charge in [-0.3, -0.25) is 4.79 Å². The molecule has 0 radical (unpaired) electrons. The predicted octanol–water partition coefficient (Wildman–Crippen LogP) is 4.92. The zero-order chi connectivity index (χ0) is 23.8. The second-order valence-corrected chi connectivity index (χ2v) is 9.22. The molecule has 1 atom stereocenters. The second-order valence-electron chi connectivity index (χ2n) is 7.54. The lowest BCUT2D eigenvalue weighted by molar-refractivity contribution is -0.137. The summed E-state index contributed by atoms with van der Waals surface area (Å²) < 4.78 is 66.7. The van der Waals surface area contributed by atoms with E-state index in [-0.39, 0.29) is 16.5 Å². The molecular formula is C23H20F3N3O3S. The highest BCUT2D eigenvalue weighted by Crippen LogP contribution is 2.37. The van der Waals surface area contributed by atoms with Gasteiger partial charge in [0, 0.05) is 11.3 Å². The van der Waals surface area contributed by atoms with Crippen molar-refractivity contribution in [2.45, 2.75) is 30.6 Å². The zero-order valence-electron chi connectivity index (χ0n) is 17.4. The van der Waals surface area contributed by atoms with E-state index in [4.69, 9.17) is 0 Å². The van der Waals surface area contributed by atoms with Crippen LogP contribution in [0.4, 0.5) is 24.5 Å². The summed E-state index contributed by atoms with van der Waals surface area (Å²) in [4.78, 5) is 12.3. The fourth-order valence-corrected chi connectivity index (χ4v) is 4.79. The summed E-state index contributed by atoms with van der Waals surface area (Å²) in [6.45, 7) is 2.01. The molecule has 0 saturated heterocycles. The summed E-state index contributed by atoms with van der Waals surface area (Å²) in [6.07, 6.45) is -4.77. The van der Waals surface area contributed by atoms with E-state index >= 15 is 0 Å². The van der Waals surface area contributed by atoms with Crippen molar-refractivity contribution in [2.24, 2.45) is 0 Å². The number of rotatable bonds is 4. The average Bonchev–Trinajstić information content (AvgIpc) is 2.78. The first-order valence-corrected chi connectivity index (χ1v) is 11.6. The summed E-state index contributed by atoms with van der Waals surface area (Å²) in [7, 11) is -4.03. The van der Waals surface area contributed by atoms with Crippen molar-refractivity contribution in [3.63, 3.8) is 0 Å². The fraction of sp³-hybridized carbons (Fsp3) is 0.174. The molecule has 0 spiro atoms. The van der Waals surface area contributed by atoms with Gasteiger partial charge in [-0.15, -0.1) is 0 Å². The molecule has 1 amide bonds. The number of aryl methyl sites for hydroxylation is 1. The first-order chi connectivity index (χ1) is 15.6. The lowest BCUT2D eigenvalue weighted by atomic mass is 10.1. The maximum absolute atomic E-state index is 13.1. The quantitative estimate of drug-likeness (QED) is 0.500. The van der Waals surface area contributed by atoms with E-state index in [0.717, 1.165) is 30.2 Å². The number of benzene rings is 3. The molecule has 0 saturated carbocycles. The van der Waals surface area contributed by atoms with Crippen LogP contribution >= 0.6 is 0 Å². The highest BCUT2D eigenvalue weighted by molar-refractivity contribution is 7.89. The van der Waals surface area contributed by atoms with E-state index in [1.54, 1.807) is 6.07 Å². The van der Waals surface area contributed by atoms with Crippen LogP contribution in [0.3, 0.4) is 0 Å². The predicted molar refractivity (Wildman–Crippen MR) is 118 cm³/mol. The Kier molecular flexibility index (Phi) is 5.89. The third-order valence-electron chi connectivity index (χ3n) is 5.27. The number of hydrogen-bond donors (Lipinski definition) is 3. The van der Waals surface area contributed by atoms with Crippen molar-refractivity contribution in [2.75, 3.05) is 10.6 Å². The topological polar surface area (TPSA) is 87.3 Å². The standard InChI is InChI=1S/C23H20F3N3O3S/c1-2-14-4-3-5-18(12-14)27-22(30)16-8-6-15(7-9-16)21-28-19-13-17(23(24,25)26)10-11-20(19)33(31,32)29-21/h3-13,21,28-29H,2H2,1H3,(H,27,30). The second kappa shape index (κ2) is 8.53. The van der Waals surface area contributed by atoms with Crippen molar-refractivity contribution < 1.29 is 26.4 Å². The molecule has 1 aliphatic rings. The van der Waals surface area contributed by atoms with Gasteiger partial charge in [0.15, 0.2) is 0 Å². The Hall–Kier alpha value is -3.37. The van der Waals surface area contributed by atoms with Crippen molar-refractivity contribution in [1.82, 2.24) is 4.72 Å². The number of anilines is 2. The van der Waals surface area contributed by atoms with Gasteiger partial charge in [-0.2, -0.15) is 17.9 Å². The molecule has 172 valence electrons. The van der Waals surface area contributed by atoms with Gasteiger partial charge in [0.05, 0.1) is 11.3 Å². The number of hydrogen-bond acceptors (Lipinski definition) is 4. The lowest BCUT2D eigenvalue weighted by Gasteiger charge is -2.29. The van der Waals surface area contributed by atoms with Crippen LogP contribution in [0.2, 0.25) is 0 Å². The van der Waals surface area contributed by atoms with Crippen LogP contribution in [0.25, 0.3) is 0 Å². The normalized spacial score (nSPS) is 17.0. The number of sulfonamides is 1. The number of carbonyl (C=O) groups excluding carboxylic acids is 1. The number of fused-ring (bicyclic) bond motifs is 1. The molecule has 0 bridgehead atoms. The molecule has 3 aromatic rings. The summed E-state index contributed by atoms with van der Waals surface area (Å²) in [5.74, 6) is -0.341. The van der Waals surface area contributed by atoms with Gasteiger partial charge < -0.3 is 10.6 Å². The highest BCUT2D eigenvalue weighted by Gasteiger charge is 2.35. The summed E-state index contributed by atoms with van der Waals surface area (Å²) in [5, 5.41) is 5.60. The maximum atomic E-state index is 13.1. The molecule has 10 heteroatoms. The van der Waals surface area contributed by atoms with Crippen molar-refractivity contribution in [3.05, 3.63) is 89.0 Å². The number of nitrogens with one attached hydrogen (secondary N) is 3. The molecule has 0 aromatic heterocycles. The van der Waals surface area contributed by atoms with E-state index in [0.29, 0.717) is 16.8 Å². The highest BCUT2D eigenvalue weighted by atomic mass is 32.2. The van der Waals surface area contributed by atoms with E-state index < -0.39 is 27.9 Å². The van der Waals surface area contributed by atoms with Crippen molar-refractivity contribution in [1.29, 1.82) is 0 Å². The molecule has 6 nitrogen and oxygen atoms in total. The molecular weight excluding hydrogens is 455 g/mol. The smallest absolute Gasteiger partial charge is 0.364 e. The molecule has 1 aliphatic heterocycles. The van der Waals surface area contributed by atoms with Crippen LogP contribution in [-0.4, -0.2) is 14.3 Å². The monoisotopic (exact) mass is 475 g/mol. The van der Waals surface area contributed by atoms with Gasteiger partial charge in [-0.05, 0) is 60.0 Å². The molecule has 3 aromatic carbocycles. The number of amides is 1. The van der Waals surface area contributed by atoms with Crippen LogP contribution in [0.1, 0.15) is 40.1 Å². The van der Waals surface area contributed by atoms with Gasteiger partial charge in [-0.25, -0.2) is 8.42 Å². The van der Waals surface area contributed by atoms with E-state index in [9.17, 15) is 26.4 Å². The molecule has 0 fully saturated rings. The Labute approximate surface area is 188 Å². The van der Waals surface area contributed by atoms with Gasteiger partial charge in [-0.1, -0.05) is 31.2 Å². The SMILES string of the molecule is CCc1cccc(NC(=O)c2ccc(C3Nc4cc(C(F)(F)F)ccc4S(=O)(=O)N3)cc2)c1. The lowest BCUT2D eigenvalue weighted by Crippen LogP contribution is -2.38. The Balaban J connectivity index is 1.55. The van der Waals surface area contributed by atoms with E-state index in [1.165, 1.54) is 24.3 Å². The summed E-state index contributed by atoms with van der Waals surface area (Å²) in [5.41, 5.74) is 1.41. The van der Waals surface area contributed by atoms with Gasteiger partial charge in [0.2, 0.25) is 10.0 Å². The van der Waals surface area contributed by atoms with Crippen LogP contribution < -0.4 is 15.4 Å². The zero-order valence-corrected chi connectivity index (χ0v) is 18.2. The Morgan fingerprint density at radius 3 is 2.42 bits per heavy atom. The molecule has 33 heavy (non-hydrogen) atoms. The number of halogens is 3. The minimum atomic E-state index is -4.60. The van der Waals surface area contributed by atoms with Crippen LogP contribution in [0.5, 0.6) is 0 Å². The fourth-order valence-electron chi connectivity index (χ4n) is 3.51. The molecule has 3 N–H and O–H groups in total. The van der Waals surface area contributed by atoms with Crippen LogP contribution in [-0.2, 0) is 22.6 Å². The largest absolute Gasteiger partial charge is 0.416 e. The average molecular weight is 475 g/mol. The first-order valence-electron chi connectivity index (χ1n) is 10.1. The molecule has 0 aliphatic carbocycles. The number of carbonyl (C=O) groups is 1. The van der Waals surface area contributed by atoms with Crippen molar-refractivity contribution >= 4 is 27.3 Å². The van der Waals surface area contributed by atoms with Crippen LogP contribution in [0, 0.1) is 0 Å².